The van der Waals surface area contributed by atoms with E-state index < -0.39 is 6.10 Å². The molecule has 0 spiro atoms. The molecule has 1 heterocycles. The predicted octanol–water partition coefficient (Wildman–Crippen LogP) is 3.26. The predicted molar refractivity (Wildman–Crippen MR) is 88.5 cm³/mol. The normalized spacial score (nSPS) is 13.8. The molecule has 0 saturated carbocycles. The number of aromatic nitrogens is 1. The quantitative estimate of drug-likeness (QED) is 0.885. The summed E-state index contributed by atoms with van der Waals surface area (Å²) in [5, 5.41) is 11.9. The average molecular weight is 286 g/mol. The highest BCUT2D eigenvalue weighted by Gasteiger charge is 2.32. The molecule has 0 bridgehead atoms. The fraction of sp³-hybridized carbons (Fsp3) is 0.500. The van der Waals surface area contributed by atoms with Crippen LogP contribution < -0.4 is 0 Å². The third-order valence-electron chi connectivity index (χ3n) is 4.55. The van der Waals surface area contributed by atoms with E-state index in [2.05, 4.69) is 43.6 Å². The van der Waals surface area contributed by atoms with Crippen LogP contribution in [0.15, 0.2) is 36.5 Å². The number of fused-ring (bicyclic) bond motifs is 1. The second-order valence-corrected chi connectivity index (χ2v) is 6.03. The highest BCUT2D eigenvalue weighted by atomic mass is 16.3. The lowest BCUT2D eigenvalue weighted by molar-refractivity contribution is -0.00398. The number of hydrogen-bond acceptors (Lipinski definition) is 3. The van der Waals surface area contributed by atoms with Gasteiger partial charge in [-0.2, -0.15) is 0 Å². The summed E-state index contributed by atoms with van der Waals surface area (Å²) in [6.07, 6.45) is 2.06. The van der Waals surface area contributed by atoms with Crippen molar-refractivity contribution in [1.82, 2.24) is 9.88 Å². The van der Waals surface area contributed by atoms with Crippen LogP contribution in [-0.4, -0.2) is 39.7 Å². The molecule has 0 aliphatic carbocycles. The summed E-state index contributed by atoms with van der Waals surface area (Å²) in [6.45, 7) is 10.4. The first-order valence-corrected chi connectivity index (χ1v) is 7.76. The van der Waals surface area contributed by atoms with Crippen molar-refractivity contribution in [3.63, 3.8) is 0 Å². The Morgan fingerprint density at radius 1 is 1.14 bits per heavy atom. The van der Waals surface area contributed by atoms with Gasteiger partial charge in [-0.25, -0.2) is 0 Å². The first-order chi connectivity index (χ1) is 10.0. The van der Waals surface area contributed by atoms with Crippen LogP contribution >= 0.6 is 0 Å². The Morgan fingerprint density at radius 3 is 2.48 bits per heavy atom. The van der Waals surface area contributed by atoms with Crippen molar-refractivity contribution in [2.24, 2.45) is 0 Å². The molecular formula is C18H26N2O. The van der Waals surface area contributed by atoms with E-state index in [4.69, 9.17) is 0 Å². The van der Waals surface area contributed by atoms with E-state index in [9.17, 15) is 5.11 Å². The molecule has 3 nitrogen and oxygen atoms in total. The van der Waals surface area contributed by atoms with Gasteiger partial charge < -0.3 is 5.11 Å². The van der Waals surface area contributed by atoms with Gasteiger partial charge in [-0.05, 0) is 44.6 Å². The smallest absolute Gasteiger partial charge is 0.0758 e. The zero-order valence-electron chi connectivity index (χ0n) is 13.5. The Bertz CT molecular complexity index is 585. The zero-order valence-corrected chi connectivity index (χ0v) is 13.5. The van der Waals surface area contributed by atoms with E-state index >= 15 is 0 Å². The molecule has 0 radical (unpaired) electrons. The number of para-hydroxylation sites is 1. The van der Waals surface area contributed by atoms with Crippen LogP contribution in [0.1, 0.15) is 33.3 Å². The molecule has 0 fully saturated rings. The Balaban J connectivity index is 2.27. The first kappa shape index (κ1) is 15.9. The van der Waals surface area contributed by atoms with Gasteiger partial charge in [0.05, 0.1) is 11.6 Å². The molecule has 0 aliphatic rings. The fourth-order valence-electron chi connectivity index (χ4n) is 3.04. The van der Waals surface area contributed by atoms with Crippen LogP contribution in [0, 0.1) is 0 Å². The van der Waals surface area contributed by atoms with Crippen molar-refractivity contribution in [2.75, 3.05) is 13.1 Å². The van der Waals surface area contributed by atoms with Gasteiger partial charge in [0.1, 0.15) is 0 Å². The van der Waals surface area contributed by atoms with Gasteiger partial charge in [0.15, 0.2) is 0 Å². The van der Waals surface area contributed by atoms with Gasteiger partial charge >= 0.3 is 0 Å². The molecule has 1 atom stereocenters. The first-order valence-electron chi connectivity index (χ1n) is 7.76. The summed E-state index contributed by atoms with van der Waals surface area (Å²) in [5.74, 6) is 0. The molecule has 114 valence electrons. The summed E-state index contributed by atoms with van der Waals surface area (Å²) in [7, 11) is 0. The number of pyridine rings is 1. The van der Waals surface area contributed by atoms with Gasteiger partial charge in [-0.3, -0.25) is 9.88 Å². The third-order valence-corrected chi connectivity index (χ3v) is 4.55. The molecule has 2 aromatic rings. The van der Waals surface area contributed by atoms with Gasteiger partial charge in [-0.1, -0.05) is 32.0 Å². The maximum absolute atomic E-state index is 10.8. The van der Waals surface area contributed by atoms with Crippen LogP contribution in [0.25, 0.3) is 10.9 Å². The molecule has 0 amide bonds. The molecule has 3 heteroatoms. The standard InChI is InChI=1S/C18H26N2O/c1-5-20(6-2)18(3,4)17(21)13-14-11-12-19-16-10-8-7-9-15(14)16/h7-12,17,21H,5-6,13H2,1-4H3. The lowest BCUT2D eigenvalue weighted by Crippen LogP contribution is -2.53. The van der Waals surface area contributed by atoms with Crippen molar-refractivity contribution >= 4 is 10.9 Å². The van der Waals surface area contributed by atoms with Crippen molar-refractivity contribution < 1.29 is 5.11 Å². The van der Waals surface area contributed by atoms with Gasteiger partial charge in [0.25, 0.3) is 0 Å². The lowest BCUT2D eigenvalue weighted by atomic mass is 9.89. The Hall–Kier alpha value is -1.45. The van der Waals surface area contributed by atoms with Crippen LogP contribution in [-0.2, 0) is 6.42 Å². The number of hydrogen-bond donors (Lipinski definition) is 1. The van der Waals surface area contributed by atoms with Gasteiger partial charge in [0.2, 0.25) is 0 Å². The minimum atomic E-state index is -0.414. The monoisotopic (exact) mass is 286 g/mol. The fourth-order valence-corrected chi connectivity index (χ4v) is 3.04. The second kappa shape index (κ2) is 6.54. The summed E-state index contributed by atoms with van der Waals surface area (Å²) >= 11 is 0. The molecule has 1 aromatic carbocycles. The lowest BCUT2D eigenvalue weighted by Gasteiger charge is -2.41. The number of aliphatic hydroxyl groups excluding tert-OH is 1. The third kappa shape index (κ3) is 3.25. The summed E-state index contributed by atoms with van der Waals surface area (Å²) in [6, 6.07) is 10.1. The highest BCUT2D eigenvalue weighted by Crippen LogP contribution is 2.24. The molecular weight excluding hydrogens is 260 g/mol. The number of rotatable bonds is 6. The van der Waals surface area contributed by atoms with E-state index in [-0.39, 0.29) is 5.54 Å². The minimum Gasteiger partial charge on any atom is -0.391 e. The molecule has 1 N–H and O–H groups in total. The number of benzene rings is 1. The van der Waals surface area contributed by atoms with E-state index in [1.807, 2.05) is 30.5 Å². The van der Waals surface area contributed by atoms with E-state index in [0.717, 1.165) is 29.6 Å². The summed E-state index contributed by atoms with van der Waals surface area (Å²) in [4.78, 5) is 6.69. The number of nitrogens with zero attached hydrogens (tertiary/aromatic N) is 2. The Morgan fingerprint density at radius 2 is 1.81 bits per heavy atom. The zero-order chi connectivity index (χ0) is 15.5. The number of likely N-dealkylation sites (N-methyl/N-ethyl adjacent to an activating group) is 1. The SMILES string of the molecule is CCN(CC)C(C)(C)C(O)Cc1ccnc2ccccc12. The van der Waals surface area contributed by atoms with Crippen LogP contribution in [0.3, 0.4) is 0 Å². The number of aliphatic hydroxyl groups is 1. The molecule has 0 saturated heterocycles. The van der Waals surface area contributed by atoms with Crippen LogP contribution in [0.2, 0.25) is 0 Å². The average Bonchev–Trinajstić information content (AvgIpc) is 2.48. The Labute approximate surface area is 127 Å². The van der Waals surface area contributed by atoms with Crippen LogP contribution in [0.4, 0.5) is 0 Å². The molecule has 1 aromatic heterocycles. The topological polar surface area (TPSA) is 36.4 Å². The molecule has 0 aliphatic heterocycles. The summed E-state index contributed by atoms with van der Waals surface area (Å²) < 4.78 is 0. The maximum atomic E-state index is 10.8. The van der Waals surface area contributed by atoms with Gasteiger partial charge in [0, 0.05) is 23.5 Å². The molecule has 2 rings (SSSR count). The maximum Gasteiger partial charge on any atom is 0.0758 e. The largest absolute Gasteiger partial charge is 0.391 e. The molecule has 1 unspecified atom stereocenters. The van der Waals surface area contributed by atoms with Gasteiger partial charge in [-0.15, -0.1) is 0 Å². The van der Waals surface area contributed by atoms with E-state index in [1.54, 1.807) is 0 Å². The van der Waals surface area contributed by atoms with Crippen molar-refractivity contribution in [3.8, 4) is 0 Å². The molecule has 21 heavy (non-hydrogen) atoms. The van der Waals surface area contributed by atoms with E-state index in [1.165, 1.54) is 0 Å². The highest BCUT2D eigenvalue weighted by molar-refractivity contribution is 5.81. The van der Waals surface area contributed by atoms with E-state index in [0.29, 0.717) is 6.42 Å². The van der Waals surface area contributed by atoms with Crippen LogP contribution in [0.5, 0.6) is 0 Å². The minimum absolute atomic E-state index is 0.242. The summed E-state index contributed by atoms with van der Waals surface area (Å²) in [5.41, 5.74) is 1.91. The second-order valence-electron chi connectivity index (χ2n) is 6.03. The Kier molecular flexibility index (Phi) is 4.96. The van der Waals surface area contributed by atoms with Crippen molar-refractivity contribution in [1.29, 1.82) is 0 Å². The van der Waals surface area contributed by atoms with Crippen molar-refractivity contribution in [2.45, 2.75) is 45.8 Å². The van der Waals surface area contributed by atoms with Crippen molar-refractivity contribution in [3.05, 3.63) is 42.1 Å².